The van der Waals surface area contributed by atoms with E-state index < -0.39 is 5.97 Å². The van der Waals surface area contributed by atoms with Gasteiger partial charge in [-0.1, -0.05) is 29.3 Å². The van der Waals surface area contributed by atoms with Gasteiger partial charge in [0.05, 0.1) is 5.56 Å². The summed E-state index contributed by atoms with van der Waals surface area (Å²) in [5.74, 6) is -0.311. The zero-order valence-electron chi connectivity index (χ0n) is 11.9. The molecule has 1 saturated heterocycles. The van der Waals surface area contributed by atoms with Crippen LogP contribution in [-0.2, 0) is 0 Å². The van der Waals surface area contributed by atoms with Crippen LogP contribution in [0.4, 0.5) is 10.5 Å². The fraction of sp³-hybridized carbons (Fsp3) is 0.467. The van der Waals surface area contributed by atoms with E-state index in [4.69, 9.17) is 5.11 Å². The maximum Gasteiger partial charge on any atom is 0.335 e. The molecular weight excluding hydrogens is 336 g/mol. The minimum atomic E-state index is -1.02. The topological polar surface area (TPSA) is 69.6 Å². The molecular formula is C15H19BrN2O3. The first kappa shape index (κ1) is 15.8. The van der Waals surface area contributed by atoms with Crippen molar-refractivity contribution in [2.45, 2.75) is 26.2 Å². The third-order valence-corrected chi connectivity index (χ3v) is 4.33. The average Bonchev–Trinajstić information content (AvgIpc) is 2.46. The van der Waals surface area contributed by atoms with E-state index in [2.05, 4.69) is 28.2 Å². The van der Waals surface area contributed by atoms with Crippen LogP contribution in [0.15, 0.2) is 22.7 Å². The number of rotatable bonds is 3. The number of aromatic carboxylic acids is 1. The van der Waals surface area contributed by atoms with Crippen molar-refractivity contribution in [1.29, 1.82) is 0 Å². The Hall–Kier alpha value is -1.56. The van der Waals surface area contributed by atoms with Gasteiger partial charge in [-0.3, -0.25) is 0 Å². The van der Waals surface area contributed by atoms with Crippen molar-refractivity contribution < 1.29 is 14.7 Å². The van der Waals surface area contributed by atoms with Gasteiger partial charge in [0.15, 0.2) is 0 Å². The van der Waals surface area contributed by atoms with Gasteiger partial charge in [0.1, 0.15) is 0 Å². The van der Waals surface area contributed by atoms with Crippen LogP contribution in [-0.4, -0.2) is 35.1 Å². The van der Waals surface area contributed by atoms with E-state index in [1.807, 2.05) is 0 Å². The molecule has 1 fully saturated rings. The van der Waals surface area contributed by atoms with Gasteiger partial charge < -0.3 is 15.3 Å². The van der Waals surface area contributed by atoms with Crippen molar-refractivity contribution >= 4 is 33.6 Å². The summed E-state index contributed by atoms with van der Waals surface area (Å²) in [5.41, 5.74) is 0.633. The Morgan fingerprint density at radius 2 is 2.00 bits per heavy atom. The standard InChI is InChI=1S/C15H19BrN2O3/c1-2-10-3-5-18(6-4-10)15(21)17-13-8-11(14(19)20)7-12(16)9-13/h7-10H,2-6H2,1H3,(H,17,21)(H,19,20). The summed E-state index contributed by atoms with van der Waals surface area (Å²) in [7, 11) is 0. The lowest BCUT2D eigenvalue weighted by molar-refractivity contribution is 0.0696. The number of amides is 2. The van der Waals surface area contributed by atoms with Gasteiger partial charge in [-0.05, 0) is 37.0 Å². The number of carboxylic acids is 1. The van der Waals surface area contributed by atoms with Gasteiger partial charge in [-0.2, -0.15) is 0 Å². The van der Waals surface area contributed by atoms with Gasteiger partial charge in [0.25, 0.3) is 0 Å². The van der Waals surface area contributed by atoms with Crippen LogP contribution < -0.4 is 5.32 Å². The molecule has 0 saturated carbocycles. The van der Waals surface area contributed by atoms with Crippen molar-refractivity contribution in [2.75, 3.05) is 18.4 Å². The quantitative estimate of drug-likeness (QED) is 0.867. The summed E-state index contributed by atoms with van der Waals surface area (Å²) in [4.78, 5) is 25.0. The molecule has 0 radical (unpaired) electrons. The highest BCUT2D eigenvalue weighted by Crippen LogP contribution is 2.23. The van der Waals surface area contributed by atoms with Crippen molar-refractivity contribution in [1.82, 2.24) is 4.90 Å². The number of nitrogens with one attached hydrogen (secondary N) is 1. The Kier molecular flexibility index (Phi) is 5.22. The van der Waals surface area contributed by atoms with Crippen LogP contribution in [0.25, 0.3) is 0 Å². The van der Waals surface area contributed by atoms with Crippen molar-refractivity contribution in [3.63, 3.8) is 0 Å². The summed E-state index contributed by atoms with van der Waals surface area (Å²) in [6, 6.07) is 4.50. The Morgan fingerprint density at radius 1 is 1.33 bits per heavy atom. The smallest absolute Gasteiger partial charge is 0.335 e. The molecule has 2 rings (SSSR count). The first-order valence-corrected chi connectivity index (χ1v) is 7.88. The van der Waals surface area contributed by atoms with Crippen LogP contribution in [0.1, 0.15) is 36.5 Å². The van der Waals surface area contributed by atoms with E-state index >= 15 is 0 Å². The number of benzene rings is 1. The third-order valence-electron chi connectivity index (χ3n) is 3.88. The van der Waals surface area contributed by atoms with Crippen molar-refractivity contribution in [3.05, 3.63) is 28.2 Å². The Bertz CT molecular complexity index is 540. The molecule has 1 aliphatic heterocycles. The molecule has 1 aromatic rings. The highest BCUT2D eigenvalue weighted by atomic mass is 79.9. The second-order valence-corrected chi connectivity index (χ2v) is 6.22. The van der Waals surface area contributed by atoms with Gasteiger partial charge >= 0.3 is 12.0 Å². The molecule has 0 aromatic heterocycles. The highest BCUT2D eigenvalue weighted by molar-refractivity contribution is 9.10. The molecule has 5 nitrogen and oxygen atoms in total. The van der Waals surface area contributed by atoms with E-state index in [9.17, 15) is 9.59 Å². The second-order valence-electron chi connectivity index (χ2n) is 5.30. The molecule has 114 valence electrons. The Labute approximate surface area is 132 Å². The lowest BCUT2D eigenvalue weighted by Crippen LogP contribution is -2.40. The SMILES string of the molecule is CCC1CCN(C(=O)Nc2cc(Br)cc(C(=O)O)c2)CC1. The molecule has 0 unspecified atom stereocenters. The van der Waals surface area contributed by atoms with Gasteiger partial charge in [-0.15, -0.1) is 0 Å². The number of carbonyl (C=O) groups excluding carboxylic acids is 1. The van der Waals surface area contributed by atoms with Crippen LogP contribution in [0.3, 0.4) is 0 Å². The zero-order valence-corrected chi connectivity index (χ0v) is 13.5. The fourth-order valence-electron chi connectivity index (χ4n) is 2.53. The third kappa shape index (κ3) is 4.20. The number of hydrogen-bond acceptors (Lipinski definition) is 2. The molecule has 1 heterocycles. The zero-order chi connectivity index (χ0) is 15.4. The molecule has 6 heteroatoms. The fourth-order valence-corrected chi connectivity index (χ4v) is 3.03. The van der Waals surface area contributed by atoms with Crippen LogP contribution in [0, 0.1) is 5.92 Å². The predicted molar refractivity (Wildman–Crippen MR) is 84.7 cm³/mol. The molecule has 0 aliphatic carbocycles. The van der Waals surface area contributed by atoms with E-state index in [1.165, 1.54) is 12.1 Å². The van der Waals surface area contributed by atoms with E-state index in [0.717, 1.165) is 32.4 Å². The average molecular weight is 355 g/mol. The van der Waals surface area contributed by atoms with Gasteiger partial charge in [0.2, 0.25) is 0 Å². The molecule has 0 atom stereocenters. The maximum absolute atomic E-state index is 12.2. The number of likely N-dealkylation sites (tertiary alicyclic amines) is 1. The van der Waals surface area contributed by atoms with Gasteiger partial charge in [0, 0.05) is 23.2 Å². The number of urea groups is 1. The molecule has 1 aliphatic rings. The first-order valence-electron chi connectivity index (χ1n) is 7.09. The van der Waals surface area contributed by atoms with E-state index in [-0.39, 0.29) is 11.6 Å². The van der Waals surface area contributed by atoms with E-state index in [0.29, 0.717) is 16.1 Å². The first-order chi connectivity index (χ1) is 9.99. The van der Waals surface area contributed by atoms with E-state index in [1.54, 1.807) is 11.0 Å². The molecule has 0 spiro atoms. The van der Waals surface area contributed by atoms with Crippen LogP contribution in [0.5, 0.6) is 0 Å². The summed E-state index contributed by atoms with van der Waals surface area (Å²) in [5, 5.41) is 11.8. The number of hydrogen-bond donors (Lipinski definition) is 2. The molecule has 0 bridgehead atoms. The largest absolute Gasteiger partial charge is 0.478 e. The number of carbonyl (C=O) groups is 2. The normalized spacial score (nSPS) is 15.8. The van der Waals surface area contributed by atoms with Gasteiger partial charge in [-0.25, -0.2) is 9.59 Å². The number of halogens is 1. The number of piperidine rings is 1. The number of nitrogens with zero attached hydrogens (tertiary/aromatic N) is 1. The maximum atomic E-state index is 12.2. The van der Waals surface area contributed by atoms with Crippen molar-refractivity contribution in [3.8, 4) is 0 Å². The van der Waals surface area contributed by atoms with Crippen LogP contribution in [0.2, 0.25) is 0 Å². The predicted octanol–water partition coefficient (Wildman–Crippen LogP) is 3.80. The van der Waals surface area contributed by atoms with Crippen LogP contribution >= 0.6 is 15.9 Å². The number of carboxylic acid groups (broad SMARTS) is 1. The summed E-state index contributed by atoms with van der Waals surface area (Å²) in [6.45, 7) is 3.68. The Morgan fingerprint density at radius 3 is 2.57 bits per heavy atom. The minimum absolute atomic E-state index is 0.143. The molecule has 1 aromatic carbocycles. The molecule has 2 N–H and O–H groups in total. The summed E-state index contributed by atoms with van der Waals surface area (Å²) in [6.07, 6.45) is 3.22. The highest BCUT2D eigenvalue weighted by Gasteiger charge is 2.22. The molecule has 2 amide bonds. The lowest BCUT2D eigenvalue weighted by Gasteiger charge is -2.31. The summed E-state index contributed by atoms with van der Waals surface area (Å²) >= 11 is 3.26. The monoisotopic (exact) mass is 354 g/mol. The minimum Gasteiger partial charge on any atom is -0.478 e. The summed E-state index contributed by atoms with van der Waals surface area (Å²) < 4.78 is 0.627. The lowest BCUT2D eigenvalue weighted by atomic mass is 9.95. The second kappa shape index (κ2) is 6.93. The van der Waals surface area contributed by atoms with Crippen molar-refractivity contribution in [2.24, 2.45) is 5.92 Å². The Balaban J connectivity index is 2.01. The molecule has 21 heavy (non-hydrogen) atoms. The number of anilines is 1.